The normalized spacial score (nSPS) is 24.7. The molecule has 0 aromatic rings. The molecule has 0 saturated carbocycles. The maximum absolute atomic E-state index is 10.1. The Morgan fingerprint density at radius 1 is 1.60 bits per heavy atom. The fraction of sp³-hybridized carbons (Fsp3) is 0.667. The lowest BCUT2D eigenvalue weighted by molar-refractivity contribution is -0.117. The Balaban J connectivity index is 0.000000151. The van der Waals surface area contributed by atoms with Gasteiger partial charge in [0.1, 0.15) is 6.10 Å². The van der Waals surface area contributed by atoms with Crippen molar-refractivity contribution in [2.24, 2.45) is 0 Å². The van der Waals surface area contributed by atoms with Crippen LogP contribution in [0.15, 0.2) is 0 Å². The van der Waals surface area contributed by atoms with E-state index in [1.165, 1.54) is 0 Å². The van der Waals surface area contributed by atoms with Crippen LogP contribution in [0.2, 0.25) is 0 Å². The molecule has 0 spiro atoms. The van der Waals surface area contributed by atoms with Crippen LogP contribution in [0, 0.1) is 0 Å². The summed E-state index contributed by atoms with van der Waals surface area (Å²) in [6.07, 6.45) is 0.0797. The smallest absolute Gasteiger partial charge is 0.321 e. The molecule has 0 radical (unpaired) electrons. The fourth-order valence-electron chi connectivity index (χ4n) is 0.704. The molecule has 2 aliphatic rings. The van der Waals surface area contributed by atoms with Crippen LogP contribution in [0.1, 0.15) is 0 Å². The van der Waals surface area contributed by atoms with E-state index in [0.717, 1.165) is 0 Å². The van der Waals surface area contributed by atoms with Crippen molar-refractivity contribution in [1.29, 1.82) is 0 Å². The number of carbonyl (C=O) groups excluding carboxylic acids is 2. The van der Waals surface area contributed by atoms with Crippen molar-refractivity contribution >= 4 is 20.2 Å². The number of imide groups is 1. The quantitative estimate of drug-likeness (QED) is 0.316. The van der Waals surface area contributed by atoms with Gasteiger partial charge in [0.2, 0.25) is 5.91 Å². The number of hydrogen-bond acceptors (Lipinski definition) is 5. The fourth-order valence-corrected chi connectivity index (χ4v) is 1.03. The highest BCUT2D eigenvalue weighted by Crippen LogP contribution is 2.18. The molecule has 0 aromatic carbocycles. The van der Waals surface area contributed by atoms with Gasteiger partial charge in [-0.25, -0.2) is 4.79 Å². The maximum atomic E-state index is 10.1. The largest absolute Gasteiger partial charge is 0.371 e. The molecule has 0 bridgehead atoms. The van der Waals surface area contributed by atoms with Crippen molar-refractivity contribution in [1.82, 2.24) is 10.6 Å². The van der Waals surface area contributed by atoms with E-state index in [-0.39, 0.29) is 25.2 Å². The number of urea groups is 1. The summed E-state index contributed by atoms with van der Waals surface area (Å²) in [5.41, 5.74) is 0. The number of amides is 3. The maximum Gasteiger partial charge on any atom is 0.321 e. The molecule has 2 atom stereocenters. The van der Waals surface area contributed by atoms with Crippen LogP contribution >= 0.6 is 8.25 Å². The monoisotopic (exact) mass is 238 g/mol. The van der Waals surface area contributed by atoms with Gasteiger partial charge < -0.3 is 19.5 Å². The van der Waals surface area contributed by atoms with Gasteiger partial charge in [-0.2, -0.15) is 0 Å². The molecular weight excluding hydrogens is 227 g/mol. The second kappa shape index (κ2) is 5.82. The van der Waals surface area contributed by atoms with E-state index in [1.807, 2.05) is 5.32 Å². The minimum atomic E-state index is -2.72. The Labute approximate surface area is 85.9 Å². The average Bonchev–Trinajstić information content (AvgIpc) is 2.90. The summed E-state index contributed by atoms with van der Waals surface area (Å²) in [6, 6.07) is -0.398. The van der Waals surface area contributed by atoms with Crippen molar-refractivity contribution in [2.45, 2.75) is 6.10 Å². The molecule has 3 N–H and O–H groups in total. The Hall–Kier alpha value is -0.950. The van der Waals surface area contributed by atoms with E-state index in [9.17, 15) is 14.2 Å². The van der Waals surface area contributed by atoms with E-state index >= 15 is 0 Å². The summed E-state index contributed by atoms with van der Waals surface area (Å²) in [6.45, 7) is 1.04. The molecule has 2 heterocycles. The van der Waals surface area contributed by atoms with Crippen molar-refractivity contribution in [3.05, 3.63) is 0 Å². The second-order valence-corrected chi connectivity index (χ2v) is 3.58. The molecule has 2 saturated heterocycles. The third-order valence-electron chi connectivity index (χ3n) is 1.46. The summed E-state index contributed by atoms with van der Waals surface area (Å²) in [5.74, 6) is -0.259. The van der Waals surface area contributed by atoms with Gasteiger partial charge in [-0.05, 0) is 0 Å². The highest BCUT2D eigenvalue weighted by molar-refractivity contribution is 7.32. The van der Waals surface area contributed by atoms with E-state index in [1.54, 1.807) is 0 Å². The predicted octanol–water partition coefficient (Wildman–Crippen LogP) is -1.39. The molecule has 0 aromatic heterocycles. The van der Waals surface area contributed by atoms with Crippen LogP contribution in [0.3, 0.4) is 0 Å². The van der Waals surface area contributed by atoms with Crippen LogP contribution in [0.5, 0.6) is 0 Å². The lowest BCUT2D eigenvalue weighted by atomic mass is 10.5. The second-order valence-electron chi connectivity index (χ2n) is 2.76. The number of hydrogen-bond donors (Lipinski definition) is 3. The summed E-state index contributed by atoms with van der Waals surface area (Å²) in [4.78, 5) is 28.2. The third kappa shape index (κ3) is 6.19. The van der Waals surface area contributed by atoms with E-state index < -0.39 is 14.3 Å². The molecule has 0 aliphatic carbocycles. The first-order chi connectivity index (χ1) is 7.08. The Morgan fingerprint density at radius 2 is 2.27 bits per heavy atom. The zero-order valence-corrected chi connectivity index (χ0v) is 8.69. The number of carbonyl (C=O) groups is 2. The van der Waals surface area contributed by atoms with Crippen molar-refractivity contribution in [3.8, 4) is 0 Å². The van der Waals surface area contributed by atoms with E-state index in [2.05, 4.69) is 9.84 Å². The molecule has 8 nitrogen and oxygen atoms in total. The van der Waals surface area contributed by atoms with Gasteiger partial charge in [0, 0.05) is 0 Å². The summed E-state index contributed by atoms with van der Waals surface area (Å²) >= 11 is 0. The summed E-state index contributed by atoms with van der Waals surface area (Å²) in [5, 5.41) is 4.30. The summed E-state index contributed by atoms with van der Waals surface area (Å²) < 4.78 is 18.9. The molecule has 2 rings (SSSR count). The minimum Gasteiger partial charge on any atom is -0.371 e. The first-order valence-electron chi connectivity index (χ1n) is 4.13. The Bertz CT molecular complexity index is 265. The third-order valence-corrected chi connectivity index (χ3v) is 1.87. The van der Waals surface area contributed by atoms with Gasteiger partial charge in [-0.15, -0.1) is 0 Å². The van der Waals surface area contributed by atoms with E-state index in [0.29, 0.717) is 6.61 Å². The predicted molar refractivity (Wildman–Crippen MR) is 48.5 cm³/mol. The van der Waals surface area contributed by atoms with Gasteiger partial charge in [-0.1, -0.05) is 0 Å². The first-order valence-corrected chi connectivity index (χ1v) is 5.39. The Kier molecular flexibility index (Phi) is 4.70. The molecule has 15 heavy (non-hydrogen) atoms. The lowest BCUT2D eigenvalue weighted by Gasteiger charge is -1.91. The average molecular weight is 238 g/mol. The van der Waals surface area contributed by atoms with Gasteiger partial charge in [0.15, 0.2) is 0 Å². The molecule has 2 aliphatic heterocycles. The lowest BCUT2D eigenvalue weighted by Crippen LogP contribution is -2.22. The van der Waals surface area contributed by atoms with Gasteiger partial charge in [0.25, 0.3) is 0 Å². The number of rotatable bonds is 3. The van der Waals surface area contributed by atoms with Crippen molar-refractivity contribution in [3.63, 3.8) is 0 Å². The number of nitrogens with one attached hydrogen (secondary N) is 2. The standard InChI is InChI=1S/C3H4N2O2.C3H7O4P/c6-2-1-4-3(7)5-2;4-8(5)7-2-3-1-6-3/h1H2,(H2,4,5,6,7);3,8H,1-2H2,(H,4,5). The number of epoxide rings is 1. The Morgan fingerprint density at radius 3 is 2.53 bits per heavy atom. The zero-order chi connectivity index (χ0) is 11.3. The van der Waals surface area contributed by atoms with Gasteiger partial charge in [-0.3, -0.25) is 14.7 Å². The van der Waals surface area contributed by atoms with Gasteiger partial charge >= 0.3 is 14.3 Å². The highest BCUT2D eigenvalue weighted by atomic mass is 31.1. The summed E-state index contributed by atoms with van der Waals surface area (Å²) in [7, 11) is -2.72. The molecule has 9 heteroatoms. The molecular formula is C6H11N2O6P. The van der Waals surface area contributed by atoms with E-state index in [4.69, 9.17) is 9.63 Å². The molecule has 3 amide bonds. The molecule has 2 fully saturated rings. The van der Waals surface area contributed by atoms with Crippen LogP contribution in [-0.2, 0) is 18.6 Å². The number of ether oxygens (including phenoxy) is 1. The topological polar surface area (TPSA) is 117 Å². The zero-order valence-electron chi connectivity index (χ0n) is 7.69. The van der Waals surface area contributed by atoms with Gasteiger partial charge in [0.05, 0.1) is 19.8 Å². The molecule has 86 valence electrons. The first kappa shape index (κ1) is 12.1. The van der Waals surface area contributed by atoms with Crippen molar-refractivity contribution < 1.29 is 28.3 Å². The van der Waals surface area contributed by atoms with Crippen LogP contribution in [-0.4, -0.2) is 42.7 Å². The van der Waals surface area contributed by atoms with Crippen LogP contribution in [0.4, 0.5) is 4.79 Å². The SMILES string of the molecule is O=C1CNC(=O)N1.O=[PH](O)OCC1CO1. The van der Waals surface area contributed by atoms with Crippen LogP contribution < -0.4 is 10.6 Å². The highest BCUT2D eigenvalue weighted by Gasteiger charge is 2.22. The molecule has 2 unspecified atom stereocenters. The van der Waals surface area contributed by atoms with Crippen molar-refractivity contribution in [2.75, 3.05) is 19.8 Å². The minimum absolute atomic E-state index is 0.0797. The van der Waals surface area contributed by atoms with Crippen LogP contribution in [0.25, 0.3) is 0 Å².